The van der Waals surface area contributed by atoms with Crippen LogP contribution in [0.2, 0.25) is 0 Å². The zero-order valence-electron chi connectivity index (χ0n) is 11.8. The van der Waals surface area contributed by atoms with E-state index in [0.717, 1.165) is 29.6 Å². The Kier molecular flexibility index (Phi) is 4.02. The highest BCUT2D eigenvalue weighted by molar-refractivity contribution is 5.84. The van der Waals surface area contributed by atoms with Crippen LogP contribution in [-0.4, -0.2) is 21.5 Å². The third-order valence-corrected chi connectivity index (χ3v) is 3.06. The van der Waals surface area contributed by atoms with E-state index in [2.05, 4.69) is 27.2 Å². The number of para-hydroxylation sites is 1. The fourth-order valence-corrected chi connectivity index (χ4v) is 2.01. The Balaban J connectivity index is 1.82. The van der Waals surface area contributed by atoms with E-state index in [1.165, 1.54) is 0 Å². The summed E-state index contributed by atoms with van der Waals surface area (Å²) in [5, 5.41) is 4.25. The van der Waals surface area contributed by atoms with E-state index in [-0.39, 0.29) is 0 Å². The van der Waals surface area contributed by atoms with Crippen LogP contribution in [-0.2, 0) is 6.54 Å². The minimum Gasteiger partial charge on any atom is -0.422 e. The van der Waals surface area contributed by atoms with Gasteiger partial charge in [0.1, 0.15) is 5.52 Å². The van der Waals surface area contributed by atoms with Gasteiger partial charge >= 0.3 is 6.01 Å². The molecule has 0 aliphatic rings. The Bertz CT molecular complexity index is 722. The summed E-state index contributed by atoms with van der Waals surface area (Å²) in [4.78, 5) is 12.8. The lowest BCUT2D eigenvalue weighted by Gasteiger charge is -2.07. The van der Waals surface area contributed by atoms with Gasteiger partial charge in [0, 0.05) is 36.1 Å². The molecule has 5 nitrogen and oxygen atoms in total. The first kappa shape index (κ1) is 13.5. The van der Waals surface area contributed by atoms with E-state index in [1.807, 2.05) is 30.3 Å². The van der Waals surface area contributed by atoms with Gasteiger partial charge in [0.05, 0.1) is 0 Å². The van der Waals surface area contributed by atoms with Crippen LogP contribution in [0, 0.1) is 0 Å². The summed E-state index contributed by atoms with van der Waals surface area (Å²) in [5.41, 5.74) is 1.83. The van der Waals surface area contributed by atoms with Crippen LogP contribution in [0.5, 0.6) is 11.8 Å². The second kappa shape index (κ2) is 6.28. The maximum atomic E-state index is 5.75. The molecule has 0 fully saturated rings. The summed E-state index contributed by atoms with van der Waals surface area (Å²) in [5.74, 6) is 0.660. The number of aromatic nitrogens is 3. The van der Waals surface area contributed by atoms with Gasteiger partial charge in [-0.15, -0.1) is 0 Å². The number of nitrogens with one attached hydrogen (secondary N) is 1. The number of fused-ring (bicyclic) bond motifs is 1. The standard InChI is InChI=1S/C16H16N4O/c1-2-17-9-12-10-19-16(20-11-12)21-14-7-3-5-13-6-4-8-18-15(13)14/h3-8,10-11,17H,2,9H2,1H3. The number of benzene rings is 1. The predicted molar refractivity (Wildman–Crippen MR) is 81.2 cm³/mol. The Morgan fingerprint density at radius 2 is 1.86 bits per heavy atom. The minimum absolute atomic E-state index is 0.327. The van der Waals surface area contributed by atoms with Crippen molar-refractivity contribution in [3.8, 4) is 11.8 Å². The molecule has 2 aromatic heterocycles. The van der Waals surface area contributed by atoms with E-state index in [4.69, 9.17) is 4.74 Å². The van der Waals surface area contributed by atoms with Gasteiger partial charge in [-0.2, -0.15) is 0 Å². The Labute approximate surface area is 123 Å². The van der Waals surface area contributed by atoms with Crippen molar-refractivity contribution in [2.24, 2.45) is 0 Å². The molecule has 0 unspecified atom stereocenters. The highest BCUT2D eigenvalue weighted by Crippen LogP contribution is 2.26. The normalized spacial score (nSPS) is 10.7. The van der Waals surface area contributed by atoms with E-state index in [1.54, 1.807) is 18.6 Å². The lowest BCUT2D eigenvalue weighted by Crippen LogP contribution is -2.12. The van der Waals surface area contributed by atoms with Crippen molar-refractivity contribution >= 4 is 10.9 Å². The molecule has 2 heterocycles. The summed E-state index contributed by atoms with van der Waals surface area (Å²) < 4.78 is 5.75. The van der Waals surface area contributed by atoms with Crippen LogP contribution in [0.1, 0.15) is 12.5 Å². The van der Waals surface area contributed by atoms with E-state index in [9.17, 15) is 0 Å². The van der Waals surface area contributed by atoms with Crippen molar-refractivity contribution < 1.29 is 4.74 Å². The number of pyridine rings is 1. The summed E-state index contributed by atoms with van der Waals surface area (Å²) in [6.07, 6.45) is 5.28. The topological polar surface area (TPSA) is 59.9 Å². The highest BCUT2D eigenvalue weighted by atomic mass is 16.5. The molecule has 3 rings (SSSR count). The highest BCUT2D eigenvalue weighted by Gasteiger charge is 2.06. The quantitative estimate of drug-likeness (QED) is 0.778. The van der Waals surface area contributed by atoms with E-state index >= 15 is 0 Å². The smallest absolute Gasteiger partial charge is 0.321 e. The summed E-state index contributed by atoms with van der Waals surface area (Å²) in [7, 11) is 0. The van der Waals surface area contributed by atoms with Crippen LogP contribution >= 0.6 is 0 Å². The molecule has 21 heavy (non-hydrogen) atoms. The summed E-state index contributed by atoms with van der Waals surface area (Å²) in [6, 6.07) is 10.0. The van der Waals surface area contributed by atoms with E-state index in [0.29, 0.717) is 11.8 Å². The largest absolute Gasteiger partial charge is 0.422 e. The first-order chi connectivity index (χ1) is 10.4. The van der Waals surface area contributed by atoms with Crippen molar-refractivity contribution in [3.05, 3.63) is 54.5 Å². The van der Waals surface area contributed by atoms with Gasteiger partial charge in [-0.25, -0.2) is 9.97 Å². The first-order valence-electron chi connectivity index (χ1n) is 6.90. The number of nitrogens with zero attached hydrogens (tertiary/aromatic N) is 3. The summed E-state index contributed by atoms with van der Waals surface area (Å²) >= 11 is 0. The third-order valence-electron chi connectivity index (χ3n) is 3.06. The number of hydrogen-bond acceptors (Lipinski definition) is 5. The van der Waals surface area contributed by atoms with Crippen molar-refractivity contribution in [1.29, 1.82) is 0 Å². The van der Waals surface area contributed by atoms with Gasteiger partial charge in [0.15, 0.2) is 5.75 Å². The van der Waals surface area contributed by atoms with Crippen LogP contribution in [0.3, 0.4) is 0 Å². The SMILES string of the molecule is CCNCc1cnc(Oc2cccc3cccnc23)nc1. The monoisotopic (exact) mass is 280 g/mol. The molecule has 0 saturated carbocycles. The van der Waals surface area contributed by atoms with Crippen LogP contribution in [0.4, 0.5) is 0 Å². The van der Waals surface area contributed by atoms with Gasteiger partial charge in [-0.1, -0.05) is 25.1 Å². The Morgan fingerprint density at radius 1 is 1.05 bits per heavy atom. The Hall–Kier alpha value is -2.53. The second-order valence-corrected chi connectivity index (χ2v) is 4.59. The van der Waals surface area contributed by atoms with Gasteiger partial charge < -0.3 is 10.1 Å². The molecule has 1 N–H and O–H groups in total. The zero-order chi connectivity index (χ0) is 14.5. The molecule has 0 radical (unpaired) electrons. The van der Waals surface area contributed by atoms with Crippen molar-refractivity contribution in [1.82, 2.24) is 20.3 Å². The molecule has 0 bridgehead atoms. The fraction of sp³-hybridized carbons (Fsp3) is 0.188. The average molecular weight is 280 g/mol. The minimum atomic E-state index is 0.327. The van der Waals surface area contributed by atoms with E-state index < -0.39 is 0 Å². The van der Waals surface area contributed by atoms with Crippen molar-refractivity contribution in [2.75, 3.05) is 6.54 Å². The fourth-order valence-electron chi connectivity index (χ4n) is 2.01. The second-order valence-electron chi connectivity index (χ2n) is 4.59. The molecule has 0 amide bonds. The first-order valence-corrected chi connectivity index (χ1v) is 6.90. The lowest BCUT2D eigenvalue weighted by atomic mass is 10.2. The average Bonchev–Trinajstić information content (AvgIpc) is 2.55. The van der Waals surface area contributed by atoms with Crippen LogP contribution < -0.4 is 10.1 Å². The number of hydrogen-bond donors (Lipinski definition) is 1. The molecule has 1 aromatic carbocycles. The maximum absolute atomic E-state index is 5.75. The van der Waals surface area contributed by atoms with Crippen molar-refractivity contribution in [3.63, 3.8) is 0 Å². The molecule has 0 spiro atoms. The predicted octanol–water partition coefficient (Wildman–Crippen LogP) is 2.93. The zero-order valence-corrected chi connectivity index (χ0v) is 11.8. The molecule has 3 aromatic rings. The Morgan fingerprint density at radius 3 is 2.67 bits per heavy atom. The van der Waals surface area contributed by atoms with Gasteiger partial charge in [0.25, 0.3) is 0 Å². The lowest BCUT2D eigenvalue weighted by molar-refractivity contribution is 0.444. The molecule has 106 valence electrons. The van der Waals surface area contributed by atoms with Crippen LogP contribution in [0.15, 0.2) is 48.9 Å². The molecule has 0 aliphatic heterocycles. The molecular formula is C16H16N4O. The number of ether oxygens (including phenoxy) is 1. The maximum Gasteiger partial charge on any atom is 0.321 e. The molecular weight excluding hydrogens is 264 g/mol. The molecule has 0 saturated heterocycles. The van der Waals surface area contributed by atoms with Crippen LogP contribution in [0.25, 0.3) is 10.9 Å². The summed E-state index contributed by atoms with van der Waals surface area (Å²) in [6.45, 7) is 3.73. The van der Waals surface area contributed by atoms with Crippen molar-refractivity contribution in [2.45, 2.75) is 13.5 Å². The number of rotatable bonds is 5. The van der Waals surface area contributed by atoms with Gasteiger partial charge in [-0.3, -0.25) is 4.98 Å². The molecule has 0 aliphatic carbocycles. The van der Waals surface area contributed by atoms with Gasteiger partial charge in [0.2, 0.25) is 0 Å². The van der Waals surface area contributed by atoms with Gasteiger partial charge in [-0.05, 0) is 18.7 Å². The molecule has 5 heteroatoms. The third kappa shape index (κ3) is 3.14. The molecule has 0 atom stereocenters.